The lowest BCUT2D eigenvalue weighted by Gasteiger charge is -2.31. The molecule has 1 amide bonds. The van der Waals surface area contributed by atoms with Gasteiger partial charge in [0.15, 0.2) is 11.5 Å². The third-order valence-corrected chi connectivity index (χ3v) is 6.45. The van der Waals surface area contributed by atoms with Crippen molar-refractivity contribution in [3.8, 4) is 11.5 Å². The zero-order valence-corrected chi connectivity index (χ0v) is 20.0. The molecule has 0 aromatic heterocycles. The van der Waals surface area contributed by atoms with Crippen LogP contribution in [0, 0.1) is 13.8 Å². The van der Waals surface area contributed by atoms with Crippen molar-refractivity contribution in [1.82, 2.24) is 5.32 Å². The van der Waals surface area contributed by atoms with Crippen molar-refractivity contribution in [3.05, 3.63) is 53.1 Å². The normalized spacial score (nSPS) is 13.3. The number of carbonyl (C=O) groups excluding carboxylic acids is 1. The fourth-order valence-corrected chi connectivity index (χ4v) is 4.74. The molecule has 0 heterocycles. The van der Waals surface area contributed by atoms with Crippen LogP contribution in [0.25, 0.3) is 0 Å². The number of nitrogens with one attached hydrogen (secondary N) is 1. The van der Waals surface area contributed by atoms with Crippen molar-refractivity contribution in [2.75, 3.05) is 24.8 Å². The Hall–Kier alpha value is -2.74. The number of nitrogens with zero attached hydrogens (tertiary/aromatic N) is 1. The van der Waals surface area contributed by atoms with Crippen molar-refractivity contribution < 1.29 is 22.7 Å². The van der Waals surface area contributed by atoms with Gasteiger partial charge in [0.25, 0.3) is 0 Å². The molecular formula is C23H32N2O5S. The van der Waals surface area contributed by atoms with Crippen molar-refractivity contribution in [1.29, 1.82) is 0 Å². The van der Waals surface area contributed by atoms with Crippen molar-refractivity contribution in [3.63, 3.8) is 0 Å². The number of sulfonamides is 1. The number of carbonyl (C=O) groups is 1. The van der Waals surface area contributed by atoms with E-state index in [1.807, 2.05) is 45.0 Å². The molecule has 0 bridgehead atoms. The quantitative estimate of drug-likeness (QED) is 0.632. The maximum absolute atomic E-state index is 13.1. The number of anilines is 1. The highest BCUT2D eigenvalue weighted by atomic mass is 32.2. The predicted molar refractivity (Wildman–Crippen MR) is 123 cm³/mol. The molecule has 2 atom stereocenters. The van der Waals surface area contributed by atoms with Crippen molar-refractivity contribution in [2.24, 2.45) is 0 Å². The second-order valence-electron chi connectivity index (χ2n) is 7.61. The standard InChI is InChI=1S/C23H32N2O5S/c1-8-19(18-11-12-21(29-5)22(14-18)30-6)24-23(26)17(4)25(31(7,27)28)20-13-15(2)9-10-16(20)3/h9-14,17,19H,8H2,1-7H3,(H,24,26)/t17-,19-/m1/s1. The molecule has 0 aliphatic rings. The molecular weight excluding hydrogens is 416 g/mol. The minimum atomic E-state index is -3.69. The van der Waals surface area contributed by atoms with Crippen LogP contribution in [0.3, 0.4) is 0 Å². The van der Waals surface area contributed by atoms with Crippen LogP contribution in [-0.4, -0.2) is 40.8 Å². The summed E-state index contributed by atoms with van der Waals surface area (Å²) >= 11 is 0. The van der Waals surface area contributed by atoms with Crippen LogP contribution in [0.2, 0.25) is 0 Å². The number of hydrogen-bond donors (Lipinski definition) is 1. The van der Waals surface area contributed by atoms with E-state index in [4.69, 9.17) is 9.47 Å². The van der Waals surface area contributed by atoms with E-state index < -0.39 is 16.1 Å². The monoisotopic (exact) mass is 448 g/mol. The van der Waals surface area contributed by atoms with Gasteiger partial charge in [0.2, 0.25) is 15.9 Å². The van der Waals surface area contributed by atoms with Gasteiger partial charge in [0.05, 0.1) is 32.2 Å². The molecule has 0 radical (unpaired) electrons. The zero-order valence-electron chi connectivity index (χ0n) is 19.2. The second kappa shape index (κ2) is 10.0. The summed E-state index contributed by atoms with van der Waals surface area (Å²) in [5.41, 5.74) is 3.05. The Kier molecular flexibility index (Phi) is 7.95. The molecule has 2 rings (SSSR count). The summed E-state index contributed by atoms with van der Waals surface area (Å²) in [4.78, 5) is 13.1. The van der Waals surface area contributed by atoms with E-state index in [1.54, 1.807) is 33.3 Å². The molecule has 0 aliphatic carbocycles. The second-order valence-corrected chi connectivity index (χ2v) is 9.47. The van der Waals surface area contributed by atoms with E-state index in [2.05, 4.69) is 5.32 Å². The fraction of sp³-hybridized carbons (Fsp3) is 0.435. The Morgan fingerprint density at radius 2 is 1.71 bits per heavy atom. The van der Waals surface area contributed by atoms with E-state index in [0.29, 0.717) is 23.6 Å². The molecule has 0 saturated carbocycles. The van der Waals surface area contributed by atoms with Crippen LogP contribution in [0.5, 0.6) is 11.5 Å². The van der Waals surface area contributed by atoms with Crippen LogP contribution >= 0.6 is 0 Å². The first-order chi connectivity index (χ1) is 14.5. The highest BCUT2D eigenvalue weighted by molar-refractivity contribution is 7.92. The molecule has 2 aromatic rings. The third-order valence-electron chi connectivity index (χ3n) is 5.23. The van der Waals surface area contributed by atoms with Gasteiger partial charge >= 0.3 is 0 Å². The first-order valence-electron chi connectivity index (χ1n) is 10.1. The van der Waals surface area contributed by atoms with E-state index >= 15 is 0 Å². The van der Waals surface area contributed by atoms with Crippen molar-refractivity contribution in [2.45, 2.75) is 46.2 Å². The molecule has 1 N–H and O–H groups in total. The molecule has 0 spiro atoms. The van der Waals surface area contributed by atoms with Gasteiger partial charge in [0, 0.05) is 0 Å². The third kappa shape index (κ3) is 5.70. The molecule has 170 valence electrons. The van der Waals surface area contributed by atoms with Crippen LogP contribution in [0.1, 0.15) is 43.0 Å². The number of methoxy groups -OCH3 is 2. The first-order valence-corrected chi connectivity index (χ1v) is 12.0. The van der Waals surface area contributed by atoms with E-state index in [0.717, 1.165) is 22.9 Å². The maximum atomic E-state index is 13.1. The lowest BCUT2D eigenvalue weighted by Crippen LogP contribution is -2.48. The van der Waals surface area contributed by atoms with Crippen LogP contribution in [0.4, 0.5) is 5.69 Å². The number of hydrogen-bond acceptors (Lipinski definition) is 5. The Morgan fingerprint density at radius 1 is 1.06 bits per heavy atom. The molecule has 0 aliphatic heterocycles. The number of benzene rings is 2. The summed E-state index contributed by atoms with van der Waals surface area (Å²) in [5.74, 6) is 0.779. The van der Waals surface area contributed by atoms with Gasteiger partial charge in [-0.3, -0.25) is 9.10 Å². The Morgan fingerprint density at radius 3 is 2.26 bits per heavy atom. The minimum absolute atomic E-state index is 0.310. The Labute approximate surface area is 185 Å². The lowest BCUT2D eigenvalue weighted by molar-refractivity contribution is -0.122. The number of aryl methyl sites for hydroxylation is 2. The van der Waals surface area contributed by atoms with Crippen LogP contribution in [0.15, 0.2) is 36.4 Å². The van der Waals surface area contributed by atoms with Gasteiger partial charge in [-0.2, -0.15) is 0 Å². The predicted octanol–water partition coefficient (Wildman–Crippen LogP) is 3.74. The summed E-state index contributed by atoms with van der Waals surface area (Å²) in [7, 11) is -0.579. The topological polar surface area (TPSA) is 84.9 Å². The van der Waals surface area contributed by atoms with Crippen LogP contribution in [-0.2, 0) is 14.8 Å². The first kappa shape index (κ1) is 24.5. The van der Waals surface area contributed by atoms with Gasteiger partial charge in [-0.25, -0.2) is 8.42 Å². The maximum Gasteiger partial charge on any atom is 0.244 e. The lowest BCUT2D eigenvalue weighted by atomic mass is 10.0. The molecule has 31 heavy (non-hydrogen) atoms. The van der Waals surface area contributed by atoms with E-state index in [-0.39, 0.29) is 11.9 Å². The molecule has 0 fully saturated rings. The van der Waals surface area contributed by atoms with Gasteiger partial charge < -0.3 is 14.8 Å². The fourth-order valence-electron chi connectivity index (χ4n) is 3.52. The van der Waals surface area contributed by atoms with Crippen LogP contribution < -0.4 is 19.1 Å². The van der Waals surface area contributed by atoms with Gasteiger partial charge in [-0.1, -0.05) is 25.1 Å². The van der Waals surface area contributed by atoms with Gasteiger partial charge in [-0.15, -0.1) is 0 Å². The highest BCUT2D eigenvalue weighted by Crippen LogP contribution is 2.31. The van der Waals surface area contributed by atoms with Crippen molar-refractivity contribution >= 4 is 21.6 Å². The Balaban J connectivity index is 2.35. The summed E-state index contributed by atoms with van der Waals surface area (Å²) in [5, 5.41) is 2.99. The summed E-state index contributed by atoms with van der Waals surface area (Å²) in [6.07, 6.45) is 1.74. The molecule has 8 heteroatoms. The van der Waals surface area contributed by atoms with Gasteiger partial charge in [-0.05, 0) is 62.1 Å². The largest absolute Gasteiger partial charge is 0.493 e. The van der Waals surface area contributed by atoms with E-state index in [1.165, 1.54) is 4.31 Å². The highest BCUT2D eigenvalue weighted by Gasteiger charge is 2.31. The smallest absolute Gasteiger partial charge is 0.244 e. The average Bonchev–Trinajstić information content (AvgIpc) is 2.72. The SMILES string of the molecule is CC[C@@H](NC(=O)[C@@H](C)N(c1cc(C)ccc1C)S(C)(=O)=O)c1ccc(OC)c(OC)c1. The molecule has 0 unspecified atom stereocenters. The minimum Gasteiger partial charge on any atom is -0.493 e. The number of rotatable bonds is 9. The molecule has 2 aromatic carbocycles. The number of ether oxygens (including phenoxy) is 2. The average molecular weight is 449 g/mol. The number of amides is 1. The zero-order chi connectivity index (χ0) is 23.3. The molecule has 0 saturated heterocycles. The molecule has 7 nitrogen and oxygen atoms in total. The van der Waals surface area contributed by atoms with E-state index in [9.17, 15) is 13.2 Å². The Bertz CT molecular complexity index is 1040. The summed E-state index contributed by atoms with van der Waals surface area (Å²) in [6.45, 7) is 7.26. The van der Waals surface area contributed by atoms with Gasteiger partial charge in [0.1, 0.15) is 6.04 Å². The summed E-state index contributed by atoms with van der Waals surface area (Å²) in [6, 6.07) is 9.77. The summed E-state index contributed by atoms with van der Waals surface area (Å²) < 4.78 is 37.1.